The number of nitriles is 1. The lowest BCUT2D eigenvalue weighted by Gasteiger charge is -2.32. The second-order valence-electron chi connectivity index (χ2n) is 13.1. The Kier molecular flexibility index (Phi) is 7.43. The average molecular weight is 727 g/mol. The fourth-order valence-corrected chi connectivity index (χ4v) is 9.07. The molecule has 0 spiro atoms. The van der Waals surface area contributed by atoms with Crippen LogP contribution in [0.2, 0.25) is 0 Å². The van der Waals surface area contributed by atoms with Gasteiger partial charge in [-0.3, -0.25) is 4.90 Å². The number of hydrogen-bond donors (Lipinski definition) is 2. The van der Waals surface area contributed by atoms with Crippen LogP contribution in [0.1, 0.15) is 36.0 Å². The number of hydrogen-bond acceptors (Lipinski definition) is 10. The number of halogens is 8. The molecule has 2 aromatic heterocycles. The Morgan fingerprint density at radius 1 is 1.16 bits per heavy atom. The van der Waals surface area contributed by atoms with Crippen molar-refractivity contribution in [2.75, 3.05) is 43.5 Å². The molecule has 50 heavy (non-hydrogen) atoms. The van der Waals surface area contributed by atoms with Crippen LogP contribution in [0, 0.1) is 17.1 Å². The highest BCUT2D eigenvalue weighted by Crippen LogP contribution is 2.53. The number of benzene rings is 2. The summed E-state index contributed by atoms with van der Waals surface area (Å²) in [7, 11) is 0. The normalized spacial score (nSPS) is 26.8. The van der Waals surface area contributed by atoms with E-state index < -0.39 is 103 Å². The predicted molar refractivity (Wildman–Crippen MR) is 165 cm³/mol. The number of nitrogen functional groups attached to an aromatic ring is 1. The first-order valence-electron chi connectivity index (χ1n) is 15.6. The zero-order chi connectivity index (χ0) is 35.5. The van der Waals surface area contributed by atoms with Gasteiger partial charge in [0.25, 0.3) is 0 Å². The second kappa shape index (κ2) is 11.2. The average Bonchev–Trinajstić information content (AvgIpc) is 3.84. The largest absolute Gasteiger partial charge is 0.461 e. The van der Waals surface area contributed by atoms with Gasteiger partial charge in [0.1, 0.15) is 47.7 Å². The van der Waals surface area contributed by atoms with Crippen molar-refractivity contribution < 1.29 is 49.7 Å². The standard InChI is InChI=1S/C32H26F8N6O3S/c33-13-7-30(4-1-5-45(30)9-13)12-49-29-43-24-15(28(44-29)46-10-20-25(47)19(46)11-48-20)6-17(31(35,36)37)22(23(24)32(38,39)40)14-2-3-18(34)26-21(14)16(8-41)27(42)50-26/h2-3,6,13,19-20,25,47H,1,4-5,7,9-12,42H2/t13-,19?,20?,25?,30+/m1/s1. The van der Waals surface area contributed by atoms with Crippen LogP contribution in [0.25, 0.3) is 32.1 Å². The van der Waals surface area contributed by atoms with Crippen LogP contribution >= 0.6 is 11.3 Å². The van der Waals surface area contributed by atoms with E-state index in [1.165, 1.54) is 4.90 Å². The monoisotopic (exact) mass is 726 g/mol. The molecule has 3 unspecified atom stereocenters. The lowest BCUT2D eigenvalue weighted by Crippen LogP contribution is -2.43. The molecular formula is C32H26F8N6O3S. The minimum atomic E-state index is -5.51. The Hall–Kier alpha value is -4.05. The molecule has 4 aliphatic heterocycles. The Morgan fingerprint density at radius 2 is 1.94 bits per heavy atom. The third kappa shape index (κ3) is 4.95. The lowest BCUT2D eigenvalue weighted by molar-refractivity contribution is -0.141. The number of morpholine rings is 1. The van der Waals surface area contributed by atoms with Crippen LogP contribution < -0.4 is 15.4 Å². The van der Waals surface area contributed by atoms with Gasteiger partial charge in [-0.25, -0.2) is 8.78 Å². The van der Waals surface area contributed by atoms with Gasteiger partial charge >= 0.3 is 18.4 Å². The zero-order valence-corrected chi connectivity index (χ0v) is 26.5. The van der Waals surface area contributed by atoms with Gasteiger partial charge in [0.05, 0.1) is 45.1 Å². The van der Waals surface area contributed by atoms with Gasteiger partial charge in [0, 0.05) is 35.8 Å². The van der Waals surface area contributed by atoms with E-state index in [4.69, 9.17) is 15.2 Å². The molecule has 4 saturated heterocycles. The Balaban J connectivity index is 1.42. The molecule has 0 aliphatic carbocycles. The summed E-state index contributed by atoms with van der Waals surface area (Å²) in [5.41, 5.74) is -1.96. The molecule has 6 heterocycles. The van der Waals surface area contributed by atoms with Crippen molar-refractivity contribution >= 4 is 43.1 Å². The van der Waals surface area contributed by atoms with Crippen LogP contribution in [-0.2, 0) is 17.1 Å². The number of aromatic nitrogens is 2. The van der Waals surface area contributed by atoms with Crippen molar-refractivity contribution in [2.45, 2.75) is 61.6 Å². The number of alkyl halides is 7. The minimum absolute atomic E-state index is 0.0656. The number of aliphatic hydroxyl groups excluding tert-OH is 1. The van der Waals surface area contributed by atoms with Crippen LogP contribution in [0.15, 0.2) is 18.2 Å². The van der Waals surface area contributed by atoms with E-state index in [9.17, 15) is 19.1 Å². The minimum Gasteiger partial charge on any atom is -0.461 e. The third-order valence-corrected chi connectivity index (χ3v) is 11.3. The van der Waals surface area contributed by atoms with Gasteiger partial charge in [-0.2, -0.15) is 41.6 Å². The molecule has 3 N–H and O–H groups in total. The molecule has 5 atom stereocenters. The van der Waals surface area contributed by atoms with E-state index in [1.807, 2.05) is 4.90 Å². The van der Waals surface area contributed by atoms with Gasteiger partial charge in [0.15, 0.2) is 0 Å². The van der Waals surface area contributed by atoms with Crippen LogP contribution in [-0.4, -0.2) is 82.8 Å². The number of nitrogens with zero attached hydrogens (tertiary/aromatic N) is 5. The highest BCUT2D eigenvalue weighted by Gasteiger charge is 2.52. The molecule has 0 saturated carbocycles. The quantitative estimate of drug-likeness (QED) is 0.237. The van der Waals surface area contributed by atoms with Crippen molar-refractivity contribution in [2.24, 2.45) is 0 Å². The molecule has 8 rings (SSSR count). The van der Waals surface area contributed by atoms with E-state index >= 15 is 26.3 Å². The number of nitrogens with two attached hydrogens (primary N) is 1. The SMILES string of the molecule is N#Cc1c(N)sc2c(F)ccc(-c3c(C(F)(F)F)cc4c(N5CC6OCC5C6O)nc(OC[C@@]56CCCN5C[C@H](F)C6)nc4c3C(F)(F)F)c12. The van der Waals surface area contributed by atoms with Crippen molar-refractivity contribution in [3.05, 3.63) is 40.7 Å². The zero-order valence-electron chi connectivity index (χ0n) is 25.7. The fraction of sp³-hybridized carbons (Fsp3) is 0.469. The highest BCUT2D eigenvalue weighted by atomic mass is 32.1. The van der Waals surface area contributed by atoms with Crippen LogP contribution in [0.4, 0.5) is 45.9 Å². The van der Waals surface area contributed by atoms with Crippen LogP contribution in [0.5, 0.6) is 6.01 Å². The van der Waals surface area contributed by atoms with E-state index in [0.29, 0.717) is 36.4 Å². The molecule has 2 bridgehead atoms. The second-order valence-corrected chi connectivity index (χ2v) is 14.1. The van der Waals surface area contributed by atoms with Crippen molar-refractivity contribution in [3.8, 4) is 23.2 Å². The summed E-state index contributed by atoms with van der Waals surface area (Å²) in [6.45, 7) is 0.399. The predicted octanol–water partition coefficient (Wildman–Crippen LogP) is 6.05. The molecule has 264 valence electrons. The number of anilines is 2. The molecule has 9 nitrogen and oxygen atoms in total. The topological polar surface area (TPSA) is 121 Å². The Morgan fingerprint density at radius 3 is 2.60 bits per heavy atom. The number of aliphatic hydroxyl groups is 1. The van der Waals surface area contributed by atoms with Gasteiger partial charge in [-0.1, -0.05) is 6.07 Å². The Labute approximate surface area is 281 Å². The maximum Gasteiger partial charge on any atom is 0.419 e. The number of thiophene rings is 1. The number of fused-ring (bicyclic) bond motifs is 5. The first-order chi connectivity index (χ1) is 23.6. The summed E-state index contributed by atoms with van der Waals surface area (Å²) in [4.78, 5) is 11.7. The number of ether oxygens (including phenoxy) is 2. The van der Waals surface area contributed by atoms with E-state index in [-0.39, 0.29) is 43.5 Å². The van der Waals surface area contributed by atoms with Crippen molar-refractivity contribution in [3.63, 3.8) is 0 Å². The summed E-state index contributed by atoms with van der Waals surface area (Å²) in [5.74, 6) is -1.34. The molecule has 18 heteroatoms. The van der Waals surface area contributed by atoms with Crippen molar-refractivity contribution in [1.29, 1.82) is 5.26 Å². The summed E-state index contributed by atoms with van der Waals surface area (Å²) in [6, 6.07) is 2.22. The van der Waals surface area contributed by atoms with E-state index in [0.717, 1.165) is 12.5 Å². The van der Waals surface area contributed by atoms with Crippen LogP contribution in [0.3, 0.4) is 0 Å². The van der Waals surface area contributed by atoms with E-state index in [1.54, 1.807) is 6.07 Å². The first kappa shape index (κ1) is 33.1. The van der Waals surface area contributed by atoms with E-state index in [2.05, 4.69) is 9.97 Å². The summed E-state index contributed by atoms with van der Waals surface area (Å²) >= 11 is 0.523. The first-order valence-corrected chi connectivity index (χ1v) is 16.5. The van der Waals surface area contributed by atoms with Gasteiger partial charge in [-0.05, 0) is 37.1 Å². The number of rotatable bonds is 5. The highest BCUT2D eigenvalue weighted by molar-refractivity contribution is 7.23. The van der Waals surface area contributed by atoms with Gasteiger partial charge in [-0.15, -0.1) is 11.3 Å². The molecule has 4 aliphatic rings. The fourth-order valence-electron chi connectivity index (χ4n) is 8.12. The summed E-state index contributed by atoms with van der Waals surface area (Å²) < 4.78 is 132. The smallest absolute Gasteiger partial charge is 0.419 e. The molecule has 4 fully saturated rings. The van der Waals surface area contributed by atoms with Gasteiger partial charge in [0.2, 0.25) is 0 Å². The van der Waals surface area contributed by atoms with Gasteiger partial charge < -0.3 is 25.2 Å². The lowest BCUT2D eigenvalue weighted by atomic mass is 9.88. The molecule has 4 aromatic rings. The molecular weight excluding hydrogens is 700 g/mol. The maximum atomic E-state index is 15.4. The molecule has 2 aromatic carbocycles. The summed E-state index contributed by atoms with van der Waals surface area (Å²) in [6.07, 6.45) is -12.5. The Bertz CT molecular complexity index is 2100. The van der Waals surface area contributed by atoms with Crippen molar-refractivity contribution in [1.82, 2.24) is 14.9 Å². The molecule has 0 radical (unpaired) electrons. The third-order valence-electron chi connectivity index (χ3n) is 10.3. The maximum absolute atomic E-state index is 15.4. The molecule has 0 amide bonds. The summed E-state index contributed by atoms with van der Waals surface area (Å²) in [5, 5.41) is 19.1.